The molecular weight excluding hydrogens is 372 g/mol. The highest BCUT2D eigenvalue weighted by Crippen LogP contribution is 2.26. The monoisotopic (exact) mass is 389 g/mol. The zero-order valence-electron chi connectivity index (χ0n) is 14.9. The summed E-state index contributed by atoms with van der Waals surface area (Å²) in [6.45, 7) is 5.59. The molecule has 0 aliphatic carbocycles. The van der Waals surface area contributed by atoms with Gasteiger partial charge in [-0.05, 0) is 60.5 Å². The maximum Gasteiger partial charge on any atom is 0.237 e. The summed E-state index contributed by atoms with van der Waals surface area (Å²) < 4.78 is 28.5. The molecule has 0 saturated carbocycles. The van der Waals surface area contributed by atoms with Crippen molar-refractivity contribution in [3.05, 3.63) is 59.2 Å². The van der Waals surface area contributed by atoms with Crippen LogP contribution in [0.4, 0.5) is 14.5 Å². The van der Waals surface area contributed by atoms with Crippen LogP contribution in [-0.4, -0.2) is 31.4 Å². The van der Waals surface area contributed by atoms with Gasteiger partial charge in [0.25, 0.3) is 0 Å². The highest BCUT2D eigenvalue weighted by atomic mass is 32.2. The van der Waals surface area contributed by atoms with Crippen molar-refractivity contribution in [2.45, 2.75) is 31.2 Å². The van der Waals surface area contributed by atoms with Gasteiger partial charge in [0.05, 0.1) is 16.6 Å². The first kappa shape index (κ1) is 19.0. The molecule has 1 amide bonds. The second-order valence-electron chi connectivity index (χ2n) is 5.97. The average molecular weight is 389 g/mol. The first-order valence-electron chi connectivity index (χ1n) is 8.14. The van der Waals surface area contributed by atoms with Gasteiger partial charge in [0.15, 0.2) is 0 Å². The lowest BCUT2D eigenvalue weighted by Crippen LogP contribution is -2.23. The summed E-state index contributed by atoms with van der Waals surface area (Å²) >= 11 is 1.12. The molecule has 2 aromatic carbocycles. The smallest absolute Gasteiger partial charge is 0.237 e. The fourth-order valence-electron chi connectivity index (χ4n) is 2.41. The number of anilines is 1. The van der Waals surface area contributed by atoms with Crippen molar-refractivity contribution in [3.8, 4) is 5.69 Å². The van der Waals surface area contributed by atoms with Crippen molar-refractivity contribution in [2.75, 3.05) is 5.32 Å². The van der Waals surface area contributed by atoms with E-state index < -0.39 is 22.8 Å². The Morgan fingerprint density at radius 1 is 1.22 bits per heavy atom. The molecular formula is C18H17F2N5OS. The van der Waals surface area contributed by atoms with Gasteiger partial charge in [0, 0.05) is 6.07 Å². The number of rotatable bonds is 5. The van der Waals surface area contributed by atoms with Gasteiger partial charge in [-0.3, -0.25) is 4.79 Å². The molecule has 3 aromatic rings. The Kier molecular flexibility index (Phi) is 5.50. The molecule has 1 heterocycles. The Morgan fingerprint density at radius 2 is 2.00 bits per heavy atom. The fraction of sp³-hybridized carbons (Fsp3) is 0.222. The number of aromatic nitrogens is 4. The van der Waals surface area contributed by atoms with E-state index in [1.807, 2.05) is 32.0 Å². The number of amides is 1. The van der Waals surface area contributed by atoms with Crippen LogP contribution in [0.5, 0.6) is 0 Å². The molecule has 1 aromatic heterocycles. The normalized spacial score (nSPS) is 12.0. The van der Waals surface area contributed by atoms with Gasteiger partial charge in [0.2, 0.25) is 11.1 Å². The molecule has 0 bridgehead atoms. The van der Waals surface area contributed by atoms with Gasteiger partial charge in [-0.1, -0.05) is 23.9 Å². The van der Waals surface area contributed by atoms with Gasteiger partial charge in [0.1, 0.15) is 11.6 Å². The topological polar surface area (TPSA) is 72.7 Å². The van der Waals surface area contributed by atoms with Gasteiger partial charge in [-0.25, -0.2) is 8.78 Å². The molecule has 0 aliphatic heterocycles. The van der Waals surface area contributed by atoms with Crippen LogP contribution >= 0.6 is 11.8 Å². The Bertz CT molecular complexity index is 992. The Balaban J connectivity index is 1.78. The number of benzene rings is 2. The van der Waals surface area contributed by atoms with Crippen molar-refractivity contribution in [1.29, 1.82) is 0 Å². The van der Waals surface area contributed by atoms with Gasteiger partial charge in [-0.15, -0.1) is 5.10 Å². The highest BCUT2D eigenvalue weighted by molar-refractivity contribution is 8.00. The molecule has 1 atom stereocenters. The lowest BCUT2D eigenvalue weighted by Gasteiger charge is -2.13. The summed E-state index contributed by atoms with van der Waals surface area (Å²) in [6, 6.07) is 8.65. The van der Waals surface area contributed by atoms with Crippen LogP contribution < -0.4 is 5.32 Å². The largest absolute Gasteiger partial charge is 0.323 e. The van der Waals surface area contributed by atoms with Crippen LogP contribution in [0.25, 0.3) is 5.69 Å². The van der Waals surface area contributed by atoms with Crippen LogP contribution in [0.3, 0.4) is 0 Å². The van der Waals surface area contributed by atoms with Crippen LogP contribution in [0.2, 0.25) is 0 Å². The third kappa shape index (κ3) is 4.13. The lowest BCUT2D eigenvalue weighted by molar-refractivity contribution is -0.115. The van der Waals surface area contributed by atoms with Crippen LogP contribution in [-0.2, 0) is 4.79 Å². The number of hydrogen-bond acceptors (Lipinski definition) is 5. The second-order valence-corrected chi connectivity index (χ2v) is 7.27. The number of hydrogen-bond donors (Lipinski definition) is 1. The van der Waals surface area contributed by atoms with Gasteiger partial charge >= 0.3 is 0 Å². The summed E-state index contributed by atoms with van der Waals surface area (Å²) in [5.41, 5.74) is 2.71. The van der Waals surface area contributed by atoms with Crippen molar-refractivity contribution in [2.24, 2.45) is 0 Å². The van der Waals surface area contributed by atoms with E-state index >= 15 is 0 Å². The predicted molar refractivity (Wildman–Crippen MR) is 98.9 cm³/mol. The Labute approximate surface area is 159 Å². The Hall–Kier alpha value is -2.81. The molecule has 6 nitrogen and oxygen atoms in total. The molecule has 0 radical (unpaired) electrons. The van der Waals surface area contributed by atoms with Crippen molar-refractivity contribution in [1.82, 2.24) is 20.2 Å². The number of aryl methyl sites for hydroxylation is 1. The van der Waals surface area contributed by atoms with Crippen LogP contribution in [0.15, 0.2) is 41.6 Å². The van der Waals surface area contributed by atoms with Crippen molar-refractivity contribution in [3.63, 3.8) is 0 Å². The maximum atomic E-state index is 13.7. The molecule has 0 fully saturated rings. The van der Waals surface area contributed by atoms with Crippen molar-refractivity contribution < 1.29 is 13.6 Å². The number of thioether (sulfide) groups is 1. The molecule has 140 valence electrons. The highest BCUT2D eigenvalue weighted by Gasteiger charge is 2.21. The third-order valence-corrected chi connectivity index (χ3v) is 5.12. The molecule has 1 N–H and O–H groups in total. The van der Waals surface area contributed by atoms with E-state index in [1.165, 1.54) is 0 Å². The lowest BCUT2D eigenvalue weighted by atomic mass is 10.1. The number of nitrogens with one attached hydrogen (secondary N) is 1. The van der Waals surface area contributed by atoms with E-state index in [0.717, 1.165) is 46.8 Å². The van der Waals surface area contributed by atoms with Gasteiger partial charge in [-0.2, -0.15) is 4.68 Å². The molecule has 9 heteroatoms. The SMILES string of the molecule is Cc1cccc(-n2nnnc2SC(C)C(=O)Nc2cc(F)ccc2F)c1C. The van der Waals surface area contributed by atoms with Crippen LogP contribution in [0, 0.1) is 25.5 Å². The Morgan fingerprint density at radius 3 is 2.78 bits per heavy atom. The number of tetrazole rings is 1. The average Bonchev–Trinajstić information content (AvgIpc) is 3.08. The summed E-state index contributed by atoms with van der Waals surface area (Å²) in [5.74, 6) is -1.83. The quantitative estimate of drug-likeness (QED) is 0.674. The molecule has 0 spiro atoms. The summed E-state index contributed by atoms with van der Waals surface area (Å²) in [4.78, 5) is 12.4. The third-order valence-electron chi connectivity index (χ3n) is 4.08. The molecule has 0 saturated heterocycles. The molecule has 27 heavy (non-hydrogen) atoms. The molecule has 0 aliphatic rings. The first-order chi connectivity index (χ1) is 12.9. The molecule has 1 unspecified atom stereocenters. The number of nitrogens with zero attached hydrogens (tertiary/aromatic N) is 4. The minimum absolute atomic E-state index is 0.207. The summed E-state index contributed by atoms with van der Waals surface area (Å²) in [5, 5.41) is 13.8. The zero-order valence-corrected chi connectivity index (χ0v) is 15.7. The minimum Gasteiger partial charge on any atom is -0.323 e. The van der Waals surface area contributed by atoms with Crippen LogP contribution in [0.1, 0.15) is 18.1 Å². The van der Waals surface area contributed by atoms with Gasteiger partial charge < -0.3 is 5.32 Å². The number of carbonyl (C=O) groups excluding carboxylic acids is 1. The van der Waals surface area contributed by atoms with E-state index in [4.69, 9.17) is 0 Å². The van der Waals surface area contributed by atoms with E-state index in [0.29, 0.717) is 5.16 Å². The van der Waals surface area contributed by atoms with E-state index in [1.54, 1.807) is 11.6 Å². The van der Waals surface area contributed by atoms with E-state index in [2.05, 4.69) is 20.8 Å². The number of carbonyl (C=O) groups is 1. The molecule has 3 rings (SSSR count). The summed E-state index contributed by atoms with van der Waals surface area (Å²) in [6.07, 6.45) is 0. The minimum atomic E-state index is -0.706. The number of halogens is 2. The first-order valence-corrected chi connectivity index (χ1v) is 9.02. The van der Waals surface area contributed by atoms with E-state index in [9.17, 15) is 13.6 Å². The standard InChI is InChI=1S/C18H17F2N5OS/c1-10-5-4-6-16(11(10)2)25-18(22-23-24-25)27-12(3)17(26)21-15-9-13(19)7-8-14(15)20/h4-9,12H,1-3H3,(H,21,26). The predicted octanol–water partition coefficient (Wildman–Crippen LogP) is 3.68. The van der Waals surface area contributed by atoms with E-state index in [-0.39, 0.29) is 5.69 Å². The zero-order chi connectivity index (χ0) is 19.6. The maximum absolute atomic E-state index is 13.7. The fourth-order valence-corrected chi connectivity index (χ4v) is 3.21. The van der Waals surface area contributed by atoms with Crippen molar-refractivity contribution >= 4 is 23.4 Å². The second kappa shape index (κ2) is 7.83. The summed E-state index contributed by atoms with van der Waals surface area (Å²) in [7, 11) is 0.